The second kappa shape index (κ2) is 7.26. The Morgan fingerprint density at radius 2 is 1.85 bits per heavy atom. The number of carbonyl (C=O) groups excluding carboxylic acids is 1. The van der Waals surface area contributed by atoms with Crippen molar-refractivity contribution in [2.75, 3.05) is 19.5 Å². The average molecular weight is 366 g/mol. The van der Waals surface area contributed by atoms with Gasteiger partial charge in [-0.25, -0.2) is 9.97 Å². The molecule has 2 aromatic heterocycles. The molecule has 1 aliphatic rings. The minimum atomic E-state index is -0.289. The van der Waals surface area contributed by atoms with Crippen LogP contribution in [0.15, 0.2) is 36.8 Å². The molecule has 27 heavy (non-hydrogen) atoms. The number of nitrogens with zero attached hydrogens (tertiary/aromatic N) is 3. The second-order valence-electron chi connectivity index (χ2n) is 6.65. The van der Waals surface area contributed by atoms with Crippen molar-refractivity contribution in [3.63, 3.8) is 0 Å². The van der Waals surface area contributed by atoms with Crippen molar-refractivity contribution in [1.82, 2.24) is 14.5 Å². The van der Waals surface area contributed by atoms with Gasteiger partial charge in [0, 0.05) is 12.2 Å². The average Bonchev–Trinajstić information content (AvgIpc) is 3.36. The summed E-state index contributed by atoms with van der Waals surface area (Å²) >= 11 is 0. The van der Waals surface area contributed by atoms with E-state index in [2.05, 4.69) is 19.9 Å². The zero-order valence-electron chi connectivity index (χ0n) is 15.4. The number of hydrogen-bond acceptors (Lipinski definition) is 5. The van der Waals surface area contributed by atoms with Gasteiger partial charge < -0.3 is 19.4 Å². The second-order valence-corrected chi connectivity index (χ2v) is 6.65. The van der Waals surface area contributed by atoms with E-state index < -0.39 is 0 Å². The number of nitrogens with one attached hydrogen (secondary N) is 1. The van der Waals surface area contributed by atoms with Crippen LogP contribution in [0, 0.1) is 0 Å². The Balaban J connectivity index is 1.62. The molecule has 0 atom stereocenters. The Labute approximate surface area is 157 Å². The maximum atomic E-state index is 12.8. The zero-order chi connectivity index (χ0) is 18.8. The Bertz CT molecular complexity index is 954. The van der Waals surface area contributed by atoms with Gasteiger partial charge in [0.15, 0.2) is 5.65 Å². The van der Waals surface area contributed by atoms with Crippen molar-refractivity contribution in [3.8, 4) is 11.5 Å². The molecule has 0 saturated heterocycles. The van der Waals surface area contributed by atoms with Gasteiger partial charge in [-0.15, -0.1) is 0 Å². The van der Waals surface area contributed by atoms with Gasteiger partial charge in [-0.1, -0.05) is 18.9 Å². The molecule has 1 N–H and O–H groups in total. The van der Waals surface area contributed by atoms with E-state index in [1.54, 1.807) is 44.7 Å². The molecule has 7 nitrogen and oxygen atoms in total. The van der Waals surface area contributed by atoms with Gasteiger partial charge in [0.05, 0.1) is 26.1 Å². The molecule has 0 spiro atoms. The first-order valence-corrected chi connectivity index (χ1v) is 9.06. The first-order chi connectivity index (χ1) is 13.2. The summed E-state index contributed by atoms with van der Waals surface area (Å²) in [5.74, 6) is 0.770. The quantitative estimate of drug-likeness (QED) is 0.743. The third-order valence-corrected chi connectivity index (χ3v) is 5.06. The molecule has 4 rings (SSSR count). The van der Waals surface area contributed by atoms with Crippen molar-refractivity contribution in [2.45, 2.75) is 31.7 Å². The number of imidazole rings is 1. The van der Waals surface area contributed by atoms with Crippen LogP contribution in [0.1, 0.15) is 42.1 Å². The predicted octanol–water partition coefficient (Wildman–Crippen LogP) is 3.82. The number of pyridine rings is 1. The van der Waals surface area contributed by atoms with Crippen molar-refractivity contribution in [3.05, 3.63) is 42.4 Å². The Morgan fingerprint density at radius 1 is 1.15 bits per heavy atom. The van der Waals surface area contributed by atoms with Crippen molar-refractivity contribution >= 4 is 22.8 Å². The molecule has 3 aromatic rings. The van der Waals surface area contributed by atoms with E-state index in [-0.39, 0.29) is 5.91 Å². The fourth-order valence-electron chi connectivity index (χ4n) is 3.65. The van der Waals surface area contributed by atoms with E-state index >= 15 is 0 Å². The lowest BCUT2D eigenvalue weighted by atomic mass is 10.2. The van der Waals surface area contributed by atoms with Gasteiger partial charge in [-0.2, -0.15) is 0 Å². The number of amides is 1. The van der Waals surface area contributed by atoms with E-state index in [9.17, 15) is 4.79 Å². The van der Waals surface area contributed by atoms with Crippen molar-refractivity contribution < 1.29 is 14.3 Å². The van der Waals surface area contributed by atoms with Gasteiger partial charge in [0.2, 0.25) is 0 Å². The number of carbonyl (C=O) groups is 1. The van der Waals surface area contributed by atoms with Crippen LogP contribution in [0.5, 0.6) is 11.5 Å². The molecule has 0 unspecified atom stereocenters. The van der Waals surface area contributed by atoms with E-state index in [1.165, 1.54) is 12.8 Å². The smallest absolute Gasteiger partial charge is 0.257 e. The van der Waals surface area contributed by atoms with Crippen LogP contribution in [0.4, 0.5) is 5.69 Å². The number of methoxy groups -OCH3 is 2. The predicted molar refractivity (Wildman–Crippen MR) is 103 cm³/mol. The highest BCUT2D eigenvalue weighted by Gasteiger charge is 2.20. The number of rotatable bonds is 5. The highest BCUT2D eigenvalue weighted by molar-refractivity contribution is 6.06. The van der Waals surface area contributed by atoms with Crippen LogP contribution in [-0.2, 0) is 0 Å². The Morgan fingerprint density at radius 3 is 2.52 bits per heavy atom. The molecule has 1 amide bonds. The molecular weight excluding hydrogens is 344 g/mol. The number of hydrogen-bond donors (Lipinski definition) is 1. The van der Waals surface area contributed by atoms with E-state index in [0.29, 0.717) is 28.8 Å². The summed E-state index contributed by atoms with van der Waals surface area (Å²) in [4.78, 5) is 21.7. The number of fused-ring (bicyclic) bond motifs is 1. The monoisotopic (exact) mass is 366 g/mol. The lowest BCUT2D eigenvalue weighted by Crippen LogP contribution is -2.14. The lowest BCUT2D eigenvalue weighted by Gasteiger charge is -2.14. The first kappa shape index (κ1) is 17.3. The number of anilines is 1. The fraction of sp³-hybridized carbons (Fsp3) is 0.350. The highest BCUT2D eigenvalue weighted by Crippen LogP contribution is 2.35. The van der Waals surface area contributed by atoms with Crippen LogP contribution in [0.2, 0.25) is 0 Å². The largest absolute Gasteiger partial charge is 0.494 e. The molecule has 140 valence electrons. The molecule has 0 bridgehead atoms. The lowest BCUT2D eigenvalue weighted by molar-refractivity contribution is 0.102. The standard InChI is InChI=1S/C20H22N4O3/c1-26-16-8-5-9-17(27-2)18(16)23-20(25)13-10-15-19(21-11-13)24(12-22-15)14-6-3-4-7-14/h5,8-12,14H,3-4,6-7H2,1-2H3,(H,23,25). The van der Waals surface area contributed by atoms with Crippen LogP contribution in [0.3, 0.4) is 0 Å². The normalized spacial score (nSPS) is 14.4. The summed E-state index contributed by atoms with van der Waals surface area (Å²) in [7, 11) is 3.10. The molecule has 1 aliphatic carbocycles. The Hall–Kier alpha value is -3.09. The van der Waals surface area contributed by atoms with E-state index in [4.69, 9.17) is 9.47 Å². The molecule has 7 heteroatoms. The SMILES string of the molecule is COc1cccc(OC)c1NC(=O)c1cnc2c(c1)ncn2C1CCCC1. The molecule has 1 saturated carbocycles. The Kier molecular flexibility index (Phi) is 4.66. The highest BCUT2D eigenvalue weighted by atomic mass is 16.5. The fourth-order valence-corrected chi connectivity index (χ4v) is 3.65. The topological polar surface area (TPSA) is 78.3 Å². The third kappa shape index (κ3) is 3.20. The van der Waals surface area contributed by atoms with Gasteiger partial charge >= 0.3 is 0 Å². The summed E-state index contributed by atoms with van der Waals surface area (Å²) in [5.41, 5.74) is 2.48. The van der Waals surface area contributed by atoms with Gasteiger partial charge in [-0.05, 0) is 31.0 Å². The van der Waals surface area contributed by atoms with Gasteiger partial charge in [-0.3, -0.25) is 4.79 Å². The first-order valence-electron chi connectivity index (χ1n) is 9.06. The maximum absolute atomic E-state index is 12.8. The van der Waals surface area contributed by atoms with E-state index in [0.717, 1.165) is 24.0 Å². The van der Waals surface area contributed by atoms with Crippen LogP contribution < -0.4 is 14.8 Å². The molecule has 1 aromatic carbocycles. The summed E-state index contributed by atoms with van der Waals surface area (Å²) in [5, 5.41) is 2.86. The molecule has 0 radical (unpaired) electrons. The summed E-state index contributed by atoms with van der Waals surface area (Å²) < 4.78 is 12.8. The number of ether oxygens (including phenoxy) is 2. The van der Waals surface area contributed by atoms with E-state index in [1.807, 2.05) is 6.33 Å². The summed E-state index contributed by atoms with van der Waals surface area (Å²) in [6, 6.07) is 7.56. The minimum absolute atomic E-state index is 0.289. The van der Waals surface area contributed by atoms with Crippen LogP contribution >= 0.6 is 0 Å². The van der Waals surface area contributed by atoms with Crippen molar-refractivity contribution in [2.24, 2.45) is 0 Å². The minimum Gasteiger partial charge on any atom is -0.494 e. The number of para-hydroxylation sites is 1. The van der Waals surface area contributed by atoms with Gasteiger partial charge in [0.25, 0.3) is 5.91 Å². The molecule has 2 heterocycles. The summed E-state index contributed by atoms with van der Waals surface area (Å²) in [6.07, 6.45) is 8.22. The molecule has 0 aliphatic heterocycles. The maximum Gasteiger partial charge on any atom is 0.257 e. The van der Waals surface area contributed by atoms with Crippen LogP contribution in [-0.4, -0.2) is 34.7 Å². The zero-order valence-corrected chi connectivity index (χ0v) is 15.4. The van der Waals surface area contributed by atoms with Gasteiger partial charge in [0.1, 0.15) is 22.7 Å². The number of aromatic nitrogens is 3. The number of benzene rings is 1. The van der Waals surface area contributed by atoms with Crippen molar-refractivity contribution in [1.29, 1.82) is 0 Å². The van der Waals surface area contributed by atoms with Crippen LogP contribution in [0.25, 0.3) is 11.2 Å². The molecular formula is C20H22N4O3. The molecule has 1 fully saturated rings. The third-order valence-electron chi connectivity index (χ3n) is 5.06. The summed E-state index contributed by atoms with van der Waals surface area (Å²) in [6.45, 7) is 0.